The van der Waals surface area contributed by atoms with Crippen molar-refractivity contribution in [3.63, 3.8) is 0 Å². The number of benzene rings is 1. The molecule has 1 aliphatic rings. The summed E-state index contributed by atoms with van der Waals surface area (Å²) in [5.41, 5.74) is 3.72. The standard InChI is InChI=1S/C13H9ClF2N2O3/c14-9-10(17)7(16)1-4-11(9)18(8-2-6(8)15)3-5(12(4)19)13(20)21/h1,3,6,8H,2,17H2,(H,20,21)/t6-,8+/m0/s1. The van der Waals surface area contributed by atoms with Gasteiger partial charge in [0.25, 0.3) is 0 Å². The van der Waals surface area contributed by atoms with Gasteiger partial charge in [0.2, 0.25) is 5.43 Å². The smallest absolute Gasteiger partial charge is 0.341 e. The lowest BCUT2D eigenvalue weighted by Crippen LogP contribution is -2.19. The minimum Gasteiger partial charge on any atom is -0.477 e. The number of hydrogen-bond acceptors (Lipinski definition) is 3. The Kier molecular flexibility index (Phi) is 2.91. The number of nitrogens with two attached hydrogens (primary N) is 1. The average Bonchev–Trinajstić information content (AvgIpc) is 3.14. The van der Waals surface area contributed by atoms with E-state index in [9.17, 15) is 18.4 Å². The van der Waals surface area contributed by atoms with Gasteiger partial charge in [0.1, 0.15) is 17.6 Å². The van der Waals surface area contributed by atoms with Gasteiger partial charge in [-0.15, -0.1) is 0 Å². The lowest BCUT2D eigenvalue weighted by molar-refractivity contribution is 0.0694. The molecule has 8 heteroatoms. The Hall–Kier alpha value is -2.15. The van der Waals surface area contributed by atoms with E-state index >= 15 is 0 Å². The molecule has 0 bridgehead atoms. The molecule has 5 nitrogen and oxygen atoms in total. The number of alkyl halides is 1. The highest BCUT2D eigenvalue weighted by Gasteiger charge is 2.40. The van der Waals surface area contributed by atoms with Crippen LogP contribution in [-0.2, 0) is 0 Å². The molecule has 3 N–H and O–H groups in total. The molecule has 3 rings (SSSR count). The molecule has 0 radical (unpaired) electrons. The third-order valence-corrected chi connectivity index (χ3v) is 3.89. The monoisotopic (exact) mass is 314 g/mol. The summed E-state index contributed by atoms with van der Waals surface area (Å²) < 4.78 is 28.3. The second-order valence-electron chi connectivity index (χ2n) is 4.89. The zero-order valence-corrected chi connectivity index (χ0v) is 11.2. The van der Waals surface area contributed by atoms with Crippen LogP contribution in [0, 0.1) is 5.82 Å². The molecule has 1 saturated carbocycles. The minimum atomic E-state index is -1.47. The molecule has 0 saturated heterocycles. The molecule has 110 valence electrons. The first kappa shape index (κ1) is 13.8. The summed E-state index contributed by atoms with van der Waals surface area (Å²) in [7, 11) is 0. The van der Waals surface area contributed by atoms with Crippen LogP contribution in [0.4, 0.5) is 14.5 Å². The number of anilines is 1. The molecule has 1 fully saturated rings. The summed E-state index contributed by atoms with van der Waals surface area (Å²) >= 11 is 5.97. The molecule has 1 aromatic heterocycles. The van der Waals surface area contributed by atoms with E-state index in [0.717, 1.165) is 12.3 Å². The molecule has 21 heavy (non-hydrogen) atoms. The maximum Gasteiger partial charge on any atom is 0.341 e. The van der Waals surface area contributed by atoms with E-state index in [4.69, 9.17) is 22.4 Å². The maximum absolute atomic E-state index is 13.7. The van der Waals surface area contributed by atoms with Gasteiger partial charge < -0.3 is 15.4 Å². The van der Waals surface area contributed by atoms with Crippen LogP contribution >= 0.6 is 11.6 Å². The molecule has 2 aromatic rings. The normalized spacial score (nSPS) is 20.7. The van der Waals surface area contributed by atoms with Gasteiger partial charge in [-0.05, 0) is 6.07 Å². The summed E-state index contributed by atoms with van der Waals surface area (Å²) in [4.78, 5) is 23.2. The molecular formula is C13H9ClF2N2O3. The van der Waals surface area contributed by atoms with Gasteiger partial charge in [-0.2, -0.15) is 0 Å². The first-order valence-corrected chi connectivity index (χ1v) is 6.40. The van der Waals surface area contributed by atoms with Crippen molar-refractivity contribution in [3.8, 4) is 0 Å². The molecule has 0 spiro atoms. The lowest BCUT2D eigenvalue weighted by Gasteiger charge is -2.14. The number of carboxylic acids is 1. The molecule has 0 unspecified atom stereocenters. The molecule has 1 aromatic carbocycles. The summed E-state index contributed by atoms with van der Waals surface area (Å²) in [6.07, 6.45) is 0.0326. The fraction of sp³-hybridized carbons (Fsp3) is 0.231. The number of rotatable bonds is 2. The number of hydrogen-bond donors (Lipinski definition) is 2. The molecule has 0 aliphatic heterocycles. The first-order valence-electron chi connectivity index (χ1n) is 6.02. The van der Waals surface area contributed by atoms with Gasteiger partial charge in [-0.25, -0.2) is 13.6 Å². The number of pyridine rings is 1. The zero-order chi connectivity index (χ0) is 15.5. The predicted molar refractivity (Wildman–Crippen MR) is 73.1 cm³/mol. The number of fused-ring (bicyclic) bond motifs is 1. The van der Waals surface area contributed by atoms with Crippen molar-refractivity contribution in [2.45, 2.75) is 18.6 Å². The highest BCUT2D eigenvalue weighted by Crippen LogP contribution is 2.42. The van der Waals surface area contributed by atoms with Gasteiger partial charge in [0.05, 0.1) is 27.7 Å². The van der Waals surface area contributed by atoms with Crippen LogP contribution in [0.2, 0.25) is 5.02 Å². The SMILES string of the molecule is Nc1c(F)cc2c(=O)c(C(=O)O)cn([C@@H]3C[C@@H]3F)c2c1Cl. The van der Waals surface area contributed by atoms with Gasteiger partial charge in [-0.1, -0.05) is 11.6 Å². The van der Waals surface area contributed by atoms with Crippen LogP contribution in [0.1, 0.15) is 22.8 Å². The Labute approximate surface area is 121 Å². The average molecular weight is 315 g/mol. The van der Waals surface area contributed by atoms with Gasteiger partial charge in [0, 0.05) is 12.6 Å². The number of aromatic nitrogens is 1. The highest BCUT2D eigenvalue weighted by molar-refractivity contribution is 6.37. The highest BCUT2D eigenvalue weighted by atomic mass is 35.5. The van der Waals surface area contributed by atoms with E-state index in [-0.39, 0.29) is 28.0 Å². The Morgan fingerprint density at radius 1 is 1.52 bits per heavy atom. The summed E-state index contributed by atoms with van der Waals surface area (Å²) in [5, 5.41) is 8.60. The van der Waals surface area contributed by atoms with Crippen LogP contribution in [-0.4, -0.2) is 21.8 Å². The number of carbonyl (C=O) groups is 1. The Morgan fingerprint density at radius 3 is 2.67 bits per heavy atom. The molecule has 1 aliphatic carbocycles. The van der Waals surface area contributed by atoms with E-state index in [1.807, 2.05) is 0 Å². The van der Waals surface area contributed by atoms with Crippen LogP contribution < -0.4 is 11.2 Å². The Morgan fingerprint density at radius 2 is 2.14 bits per heavy atom. The van der Waals surface area contributed by atoms with Crippen molar-refractivity contribution in [1.82, 2.24) is 4.57 Å². The Bertz CT molecular complexity index is 850. The number of aromatic carboxylic acids is 1. The van der Waals surface area contributed by atoms with Crippen LogP contribution in [0.15, 0.2) is 17.1 Å². The largest absolute Gasteiger partial charge is 0.477 e. The van der Waals surface area contributed by atoms with E-state index < -0.39 is 35.0 Å². The van der Waals surface area contributed by atoms with Crippen molar-refractivity contribution in [2.75, 3.05) is 5.73 Å². The summed E-state index contributed by atoms with van der Waals surface area (Å²) in [6.45, 7) is 0. The van der Waals surface area contributed by atoms with Gasteiger partial charge >= 0.3 is 5.97 Å². The second-order valence-corrected chi connectivity index (χ2v) is 5.26. The maximum atomic E-state index is 13.7. The van der Waals surface area contributed by atoms with E-state index in [1.54, 1.807) is 0 Å². The number of nitrogens with zero attached hydrogens (tertiary/aromatic N) is 1. The lowest BCUT2D eigenvalue weighted by atomic mass is 10.1. The third-order valence-electron chi connectivity index (χ3n) is 3.51. The predicted octanol–water partition coefficient (Wildman–Crippen LogP) is 2.36. The first-order chi connectivity index (χ1) is 9.82. The van der Waals surface area contributed by atoms with Crippen molar-refractivity contribution in [1.29, 1.82) is 0 Å². The van der Waals surface area contributed by atoms with Crippen molar-refractivity contribution >= 4 is 34.2 Å². The zero-order valence-electron chi connectivity index (χ0n) is 10.4. The van der Waals surface area contributed by atoms with E-state index in [1.165, 1.54) is 4.57 Å². The van der Waals surface area contributed by atoms with Crippen molar-refractivity contribution < 1.29 is 18.7 Å². The molecule has 1 heterocycles. The second kappa shape index (κ2) is 4.42. The topological polar surface area (TPSA) is 85.3 Å². The number of carboxylic acid groups (broad SMARTS) is 1. The van der Waals surface area contributed by atoms with Crippen LogP contribution in [0.5, 0.6) is 0 Å². The number of nitrogen functional groups attached to an aromatic ring is 1. The van der Waals surface area contributed by atoms with Crippen LogP contribution in [0.25, 0.3) is 10.9 Å². The quantitative estimate of drug-likeness (QED) is 0.833. The fourth-order valence-corrected chi connectivity index (χ4v) is 2.60. The fourth-order valence-electron chi connectivity index (χ4n) is 2.31. The van der Waals surface area contributed by atoms with Gasteiger partial charge in [-0.3, -0.25) is 4.79 Å². The summed E-state index contributed by atoms with van der Waals surface area (Å²) in [5.74, 6) is -2.40. The molecule has 0 amide bonds. The van der Waals surface area contributed by atoms with Crippen LogP contribution in [0.3, 0.4) is 0 Å². The molecular weight excluding hydrogens is 306 g/mol. The van der Waals surface area contributed by atoms with Gasteiger partial charge in [0.15, 0.2) is 0 Å². The van der Waals surface area contributed by atoms with Crippen molar-refractivity contribution in [2.24, 2.45) is 0 Å². The van der Waals surface area contributed by atoms with Crippen molar-refractivity contribution in [3.05, 3.63) is 38.9 Å². The summed E-state index contributed by atoms with van der Waals surface area (Å²) in [6, 6.07) is 0.200. The number of halogens is 3. The molecule has 2 atom stereocenters. The Balaban J connectivity index is 2.49. The van der Waals surface area contributed by atoms with E-state index in [2.05, 4.69) is 0 Å². The minimum absolute atomic E-state index is 0.0516. The van der Waals surface area contributed by atoms with E-state index in [0.29, 0.717) is 0 Å². The third kappa shape index (κ3) is 1.96.